The number of nitrogens with two attached hydrogens (primary N) is 1. The van der Waals surface area contributed by atoms with Gasteiger partial charge in [-0.05, 0) is 36.6 Å². The molecule has 2 aromatic rings. The third kappa shape index (κ3) is 2.36. The number of aromatic nitrogens is 2. The van der Waals surface area contributed by atoms with Crippen LogP contribution in [-0.2, 0) is 16.4 Å². The largest absolute Gasteiger partial charge is 0.374 e. The number of aryl methyl sites for hydroxylation is 1. The number of anilines is 2. The van der Waals surface area contributed by atoms with Crippen LogP contribution in [0.3, 0.4) is 0 Å². The van der Waals surface area contributed by atoms with Crippen LogP contribution in [0.5, 0.6) is 0 Å². The summed E-state index contributed by atoms with van der Waals surface area (Å²) in [5, 5.41) is 8.99. The predicted molar refractivity (Wildman–Crippen MR) is 80.3 cm³/mol. The smallest absolute Gasteiger partial charge is 0.232 e. The first-order valence-electron chi connectivity index (χ1n) is 6.15. The zero-order chi connectivity index (χ0) is 14.3. The molecule has 20 heavy (non-hydrogen) atoms. The second-order valence-electron chi connectivity index (χ2n) is 4.73. The molecule has 0 aliphatic carbocycles. The van der Waals surface area contributed by atoms with E-state index >= 15 is 0 Å². The molecule has 1 aliphatic rings. The number of fused-ring (bicyclic) bond motifs is 1. The molecule has 0 saturated carbocycles. The van der Waals surface area contributed by atoms with Gasteiger partial charge in [-0.2, -0.15) is 0 Å². The Kier molecular flexibility index (Phi) is 3.14. The molecule has 0 bridgehead atoms. The average Bonchev–Trinajstić information content (AvgIpc) is 2.83. The summed E-state index contributed by atoms with van der Waals surface area (Å²) in [6.45, 7) is 0.539. The van der Waals surface area contributed by atoms with Gasteiger partial charge < -0.3 is 5.73 Å². The lowest BCUT2D eigenvalue weighted by Gasteiger charge is -2.29. The van der Waals surface area contributed by atoms with Crippen molar-refractivity contribution in [3.05, 3.63) is 23.8 Å². The molecular weight excluding hydrogens is 296 g/mol. The van der Waals surface area contributed by atoms with Crippen LogP contribution in [0.1, 0.15) is 12.0 Å². The zero-order valence-electron chi connectivity index (χ0n) is 10.9. The lowest BCUT2D eigenvalue weighted by Crippen LogP contribution is -2.34. The minimum absolute atomic E-state index is 0.426. The molecule has 8 heteroatoms. The lowest BCUT2D eigenvalue weighted by molar-refractivity contribution is 0.592. The van der Waals surface area contributed by atoms with Crippen LogP contribution >= 0.6 is 11.3 Å². The summed E-state index contributed by atoms with van der Waals surface area (Å²) in [4.78, 5) is 0. The molecule has 1 aliphatic heterocycles. The minimum Gasteiger partial charge on any atom is -0.374 e. The van der Waals surface area contributed by atoms with Crippen molar-refractivity contribution in [3.8, 4) is 10.6 Å². The standard InChI is InChI=1S/C12H14N4O2S2/c1-20(17,18)16-6-2-3-8-7-9(4-5-10(8)16)11-14-15-12(13)19-11/h4-5,7H,2-3,6H2,1H3,(H2,13,15). The fraction of sp³-hybridized carbons (Fsp3) is 0.333. The molecule has 0 spiro atoms. The minimum atomic E-state index is -3.22. The van der Waals surface area contributed by atoms with E-state index in [1.54, 1.807) is 0 Å². The van der Waals surface area contributed by atoms with E-state index in [0.29, 0.717) is 11.7 Å². The molecule has 0 fully saturated rings. The summed E-state index contributed by atoms with van der Waals surface area (Å²) in [5.41, 5.74) is 8.30. The molecule has 0 amide bonds. The number of nitrogens with zero attached hydrogens (tertiary/aromatic N) is 3. The molecule has 0 atom stereocenters. The van der Waals surface area contributed by atoms with Crippen molar-refractivity contribution in [1.82, 2.24) is 10.2 Å². The van der Waals surface area contributed by atoms with Gasteiger partial charge in [0.25, 0.3) is 0 Å². The summed E-state index contributed by atoms with van der Waals surface area (Å²) in [6, 6.07) is 5.68. The number of nitrogen functional groups attached to an aromatic ring is 1. The molecule has 106 valence electrons. The van der Waals surface area contributed by atoms with Crippen LogP contribution in [0.15, 0.2) is 18.2 Å². The Labute approximate surface area is 121 Å². The van der Waals surface area contributed by atoms with Crippen LogP contribution in [0.25, 0.3) is 10.6 Å². The normalized spacial score (nSPS) is 15.2. The molecule has 0 unspecified atom stereocenters. The van der Waals surface area contributed by atoms with Gasteiger partial charge in [0.05, 0.1) is 11.9 Å². The predicted octanol–water partition coefficient (Wildman–Crippen LogP) is 1.50. The number of rotatable bonds is 2. The monoisotopic (exact) mass is 310 g/mol. The second-order valence-corrected chi connectivity index (χ2v) is 7.64. The van der Waals surface area contributed by atoms with Crippen LogP contribution in [0.2, 0.25) is 0 Å². The quantitative estimate of drug-likeness (QED) is 0.908. The molecule has 0 radical (unpaired) electrons. The molecule has 1 aromatic carbocycles. The van der Waals surface area contributed by atoms with Crippen LogP contribution in [0, 0.1) is 0 Å². The Bertz CT molecular complexity index is 755. The van der Waals surface area contributed by atoms with E-state index in [9.17, 15) is 8.42 Å². The van der Waals surface area contributed by atoms with E-state index in [-0.39, 0.29) is 0 Å². The first kappa shape index (κ1) is 13.3. The number of sulfonamides is 1. The van der Waals surface area contributed by atoms with Gasteiger partial charge in [0.1, 0.15) is 5.01 Å². The van der Waals surface area contributed by atoms with E-state index in [1.165, 1.54) is 21.9 Å². The van der Waals surface area contributed by atoms with Crippen molar-refractivity contribution in [2.45, 2.75) is 12.8 Å². The van der Waals surface area contributed by atoms with Crippen molar-refractivity contribution < 1.29 is 8.42 Å². The maximum absolute atomic E-state index is 11.8. The third-order valence-corrected chi connectivity index (χ3v) is 5.22. The number of benzene rings is 1. The van der Waals surface area contributed by atoms with Crippen molar-refractivity contribution >= 4 is 32.2 Å². The van der Waals surface area contributed by atoms with Gasteiger partial charge in [-0.3, -0.25) is 4.31 Å². The van der Waals surface area contributed by atoms with Gasteiger partial charge in [-0.15, -0.1) is 10.2 Å². The Hall–Kier alpha value is -1.67. The average molecular weight is 310 g/mol. The van der Waals surface area contributed by atoms with Crippen LogP contribution < -0.4 is 10.0 Å². The first-order valence-corrected chi connectivity index (χ1v) is 8.81. The number of hydrogen-bond acceptors (Lipinski definition) is 6. The summed E-state index contributed by atoms with van der Waals surface area (Å²) in [5.74, 6) is 0. The number of hydrogen-bond donors (Lipinski definition) is 1. The Balaban J connectivity index is 2.05. The highest BCUT2D eigenvalue weighted by Gasteiger charge is 2.24. The molecule has 6 nitrogen and oxygen atoms in total. The van der Waals surface area contributed by atoms with Crippen molar-refractivity contribution in [1.29, 1.82) is 0 Å². The van der Waals surface area contributed by atoms with Gasteiger partial charge in [0.2, 0.25) is 15.2 Å². The Morgan fingerprint density at radius 2 is 2.15 bits per heavy atom. The second kappa shape index (κ2) is 4.71. The highest BCUT2D eigenvalue weighted by Crippen LogP contribution is 2.34. The fourth-order valence-electron chi connectivity index (χ4n) is 2.39. The highest BCUT2D eigenvalue weighted by molar-refractivity contribution is 7.92. The molecule has 2 heterocycles. The summed E-state index contributed by atoms with van der Waals surface area (Å²) in [6.07, 6.45) is 2.92. The summed E-state index contributed by atoms with van der Waals surface area (Å²) >= 11 is 1.32. The molecule has 1 aromatic heterocycles. The van der Waals surface area contributed by atoms with Crippen LogP contribution in [-0.4, -0.2) is 31.4 Å². The van der Waals surface area contributed by atoms with Crippen molar-refractivity contribution in [3.63, 3.8) is 0 Å². The topological polar surface area (TPSA) is 89.2 Å². The summed E-state index contributed by atoms with van der Waals surface area (Å²) in [7, 11) is -3.22. The maximum atomic E-state index is 11.8. The van der Waals surface area contributed by atoms with Gasteiger partial charge in [-0.1, -0.05) is 11.3 Å². The molecule has 2 N–H and O–H groups in total. The van der Waals surface area contributed by atoms with Gasteiger partial charge >= 0.3 is 0 Å². The van der Waals surface area contributed by atoms with Gasteiger partial charge in [0, 0.05) is 12.1 Å². The van der Waals surface area contributed by atoms with Crippen molar-refractivity contribution in [2.75, 3.05) is 22.8 Å². The van der Waals surface area contributed by atoms with E-state index in [1.807, 2.05) is 18.2 Å². The van der Waals surface area contributed by atoms with E-state index in [0.717, 1.165) is 34.7 Å². The fourth-order valence-corrected chi connectivity index (χ4v) is 3.99. The Morgan fingerprint density at radius 3 is 2.80 bits per heavy atom. The van der Waals surface area contributed by atoms with E-state index in [2.05, 4.69) is 10.2 Å². The highest BCUT2D eigenvalue weighted by atomic mass is 32.2. The molecular formula is C12H14N4O2S2. The lowest BCUT2D eigenvalue weighted by atomic mass is 10.0. The van der Waals surface area contributed by atoms with Gasteiger partial charge in [0.15, 0.2) is 0 Å². The molecule has 3 rings (SSSR count). The maximum Gasteiger partial charge on any atom is 0.232 e. The van der Waals surface area contributed by atoms with Crippen LogP contribution in [0.4, 0.5) is 10.8 Å². The molecule has 0 saturated heterocycles. The van der Waals surface area contributed by atoms with Crippen molar-refractivity contribution in [2.24, 2.45) is 0 Å². The zero-order valence-corrected chi connectivity index (χ0v) is 12.5. The third-order valence-electron chi connectivity index (χ3n) is 3.24. The first-order chi connectivity index (χ1) is 9.45. The van der Waals surface area contributed by atoms with E-state index in [4.69, 9.17) is 5.73 Å². The van der Waals surface area contributed by atoms with Gasteiger partial charge in [-0.25, -0.2) is 8.42 Å². The summed E-state index contributed by atoms with van der Waals surface area (Å²) < 4.78 is 25.1. The Morgan fingerprint density at radius 1 is 1.35 bits per heavy atom. The van der Waals surface area contributed by atoms with E-state index < -0.39 is 10.0 Å². The SMILES string of the molecule is CS(=O)(=O)N1CCCc2cc(-c3nnc(N)s3)ccc21.